The van der Waals surface area contributed by atoms with E-state index >= 15 is 0 Å². The second kappa shape index (κ2) is 3.45. The Morgan fingerprint density at radius 1 is 1.56 bits per heavy atom. The minimum Gasteiger partial charge on any atom is -0.359 e. The SMILES string of the molecule is CC(N)c1cc(-c2cncn2C2CC2)no1. The Morgan fingerprint density at radius 2 is 2.38 bits per heavy atom. The molecule has 5 heteroatoms. The van der Waals surface area contributed by atoms with E-state index in [1.807, 2.05) is 25.5 Å². The molecule has 0 radical (unpaired) electrons. The van der Waals surface area contributed by atoms with E-state index in [1.54, 1.807) is 0 Å². The van der Waals surface area contributed by atoms with Crippen molar-refractivity contribution in [3.8, 4) is 11.4 Å². The molecule has 1 unspecified atom stereocenters. The first-order chi connectivity index (χ1) is 7.75. The van der Waals surface area contributed by atoms with E-state index in [1.165, 1.54) is 12.8 Å². The van der Waals surface area contributed by atoms with Gasteiger partial charge in [-0.25, -0.2) is 4.98 Å². The molecule has 0 amide bonds. The van der Waals surface area contributed by atoms with Crippen molar-refractivity contribution in [2.75, 3.05) is 0 Å². The van der Waals surface area contributed by atoms with E-state index in [-0.39, 0.29) is 6.04 Å². The molecule has 1 atom stereocenters. The first-order valence-electron chi connectivity index (χ1n) is 5.50. The van der Waals surface area contributed by atoms with Crippen LogP contribution < -0.4 is 5.73 Å². The Morgan fingerprint density at radius 3 is 3.00 bits per heavy atom. The Balaban J connectivity index is 1.97. The highest BCUT2D eigenvalue weighted by Gasteiger charge is 2.26. The summed E-state index contributed by atoms with van der Waals surface area (Å²) in [6.07, 6.45) is 6.12. The fraction of sp³-hybridized carbons (Fsp3) is 0.455. The standard InChI is InChI=1S/C11H14N4O/c1-7(12)11-4-9(14-16-11)10-5-13-6-15(10)8-2-3-8/h4-8H,2-3,12H2,1H3. The van der Waals surface area contributed by atoms with E-state index in [2.05, 4.69) is 14.7 Å². The highest BCUT2D eigenvalue weighted by Crippen LogP contribution is 2.38. The number of nitrogens with two attached hydrogens (primary N) is 1. The van der Waals surface area contributed by atoms with Crippen molar-refractivity contribution in [1.29, 1.82) is 0 Å². The molecule has 84 valence electrons. The van der Waals surface area contributed by atoms with Gasteiger partial charge in [-0.1, -0.05) is 5.16 Å². The lowest BCUT2D eigenvalue weighted by atomic mass is 10.2. The van der Waals surface area contributed by atoms with Gasteiger partial charge in [0.2, 0.25) is 0 Å². The summed E-state index contributed by atoms with van der Waals surface area (Å²) in [4.78, 5) is 4.16. The first-order valence-corrected chi connectivity index (χ1v) is 5.50. The highest BCUT2D eigenvalue weighted by atomic mass is 16.5. The molecule has 1 saturated carbocycles. The maximum atomic E-state index is 5.73. The Bertz CT molecular complexity index is 496. The molecule has 16 heavy (non-hydrogen) atoms. The fourth-order valence-corrected chi connectivity index (χ4v) is 1.77. The van der Waals surface area contributed by atoms with Crippen molar-refractivity contribution in [2.45, 2.75) is 31.8 Å². The van der Waals surface area contributed by atoms with Crippen molar-refractivity contribution in [3.05, 3.63) is 24.4 Å². The monoisotopic (exact) mass is 218 g/mol. The quantitative estimate of drug-likeness (QED) is 0.854. The van der Waals surface area contributed by atoms with Gasteiger partial charge < -0.3 is 14.8 Å². The van der Waals surface area contributed by atoms with E-state index in [4.69, 9.17) is 10.3 Å². The van der Waals surface area contributed by atoms with Crippen LogP contribution >= 0.6 is 0 Å². The van der Waals surface area contributed by atoms with Gasteiger partial charge in [0.15, 0.2) is 5.76 Å². The lowest BCUT2D eigenvalue weighted by Gasteiger charge is -2.01. The highest BCUT2D eigenvalue weighted by molar-refractivity contribution is 5.54. The van der Waals surface area contributed by atoms with Crippen molar-refractivity contribution in [1.82, 2.24) is 14.7 Å². The number of imidazole rings is 1. The number of nitrogens with zero attached hydrogens (tertiary/aromatic N) is 3. The minimum atomic E-state index is -0.126. The molecule has 2 aromatic heterocycles. The summed E-state index contributed by atoms with van der Waals surface area (Å²) in [5.41, 5.74) is 7.56. The number of hydrogen-bond acceptors (Lipinski definition) is 4. The summed E-state index contributed by atoms with van der Waals surface area (Å²) < 4.78 is 7.34. The van der Waals surface area contributed by atoms with Gasteiger partial charge in [-0.15, -0.1) is 0 Å². The molecule has 0 spiro atoms. The van der Waals surface area contributed by atoms with Crippen LogP contribution in [0.4, 0.5) is 0 Å². The molecule has 0 saturated heterocycles. The van der Waals surface area contributed by atoms with Gasteiger partial charge in [0.05, 0.1) is 24.3 Å². The summed E-state index contributed by atoms with van der Waals surface area (Å²) in [5.74, 6) is 0.707. The zero-order valence-corrected chi connectivity index (χ0v) is 9.13. The maximum Gasteiger partial charge on any atom is 0.153 e. The van der Waals surface area contributed by atoms with Crippen LogP contribution in [0.2, 0.25) is 0 Å². The third-order valence-corrected chi connectivity index (χ3v) is 2.85. The summed E-state index contributed by atoms with van der Waals surface area (Å²) in [7, 11) is 0. The predicted molar refractivity (Wildman–Crippen MR) is 58.6 cm³/mol. The van der Waals surface area contributed by atoms with Gasteiger partial charge in [0.25, 0.3) is 0 Å². The van der Waals surface area contributed by atoms with Gasteiger partial charge >= 0.3 is 0 Å². The average Bonchev–Trinajstić information content (AvgIpc) is 2.83. The Labute approximate surface area is 93.3 Å². The zero-order valence-electron chi connectivity index (χ0n) is 9.13. The Kier molecular flexibility index (Phi) is 2.07. The third kappa shape index (κ3) is 1.53. The van der Waals surface area contributed by atoms with E-state index < -0.39 is 0 Å². The summed E-state index contributed by atoms with van der Waals surface area (Å²) >= 11 is 0. The number of hydrogen-bond donors (Lipinski definition) is 1. The molecule has 5 nitrogen and oxygen atoms in total. The van der Waals surface area contributed by atoms with Crippen LogP contribution in [-0.2, 0) is 0 Å². The molecule has 1 fully saturated rings. The second-order valence-corrected chi connectivity index (χ2v) is 4.32. The van der Waals surface area contributed by atoms with Crippen LogP contribution in [0.25, 0.3) is 11.4 Å². The van der Waals surface area contributed by atoms with Gasteiger partial charge in [0, 0.05) is 12.1 Å². The largest absolute Gasteiger partial charge is 0.359 e. The van der Waals surface area contributed by atoms with E-state index in [0.717, 1.165) is 11.4 Å². The fourth-order valence-electron chi connectivity index (χ4n) is 1.77. The van der Waals surface area contributed by atoms with Crippen LogP contribution in [0.3, 0.4) is 0 Å². The second-order valence-electron chi connectivity index (χ2n) is 4.32. The first kappa shape index (κ1) is 9.59. The van der Waals surface area contributed by atoms with Crippen LogP contribution in [-0.4, -0.2) is 14.7 Å². The number of rotatable bonds is 3. The molecular formula is C11H14N4O. The van der Waals surface area contributed by atoms with Gasteiger partial charge in [-0.2, -0.15) is 0 Å². The topological polar surface area (TPSA) is 69.9 Å². The third-order valence-electron chi connectivity index (χ3n) is 2.85. The van der Waals surface area contributed by atoms with Crippen LogP contribution in [0.5, 0.6) is 0 Å². The summed E-state index contributed by atoms with van der Waals surface area (Å²) in [6.45, 7) is 1.88. The van der Waals surface area contributed by atoms with Crippen molar-refractivity contribution in [3.63, 3.8) is 0 Å². The lowest BCUT2D eigenvalue weighted by Crippen LogP contribution is -2.02. The molecule has 1 aliphatic rings. The molecular weight excluding hydrogens is 204 g/mol. The molecule has 2 heterocycles. The lowest BCUT2D eigenvalue weighted by molar-refractivity contribution is 0.369. The number of aromatic nitrogens is 3. The Hall–Kier alpha value is -1.62. The van der Waals surface area contributed by atoms with Gasteiger partial charge in [0.1, 0.15) is 5.69 Å². The minimum absolute atomic E-state index is 0.126. The zero-order chi connectivity index (χ0) is 11.1. The predicted octanol–water partition coefficient (Wildman–Crippen LogP) is 1.89. The van der Waals surface area contributed by atoms with Crippen molar-refractivity contribution < 1.29 is 4.52 Å². The van der Waals surface area contributed by atoms with E-state index in [0.29, 0.717) is 11.8 Å². The molecule has 1 aliphatic carbocycles. The van der Waals surface area contributed by atoms with E-state index in [9.17, 15) is 0 Å². The van der Waals surface area contributed by atoms with Crippen molar-refractivity contribution in [2.24, 2.45) is 5.73 Å². The molecule has 0 aliphatic heterocycles. The normalized spacial score (nSPS) is 17.6. The van der Waals surface area contributed by atoms with Crippen LogP contribution in [0.15, 0.2) is 23.1 Å². The van der Waals surface area contributed by atoms with Crippen molar-refractivity contribution >= 4 is 0 Å². The molecule has 2 aromatic rings. The summed E-state index contributed by atoms with van der Waals surface area (Å²) in [6, 6.07) is 2.35. The smallest absolute Gasteiger partial charge is 0.153 e. The van der Waals surface area contributed by atoms with Crippen LogP contribution in [0, 0.1) is 0 Å². The molecule has 0 aromatic carbocycles. The summed E-state index contributed by atoms with van der Waals surface area (Å²) in [5, 5.41) is 4.03. The molecule has 2 N–H and O–H groups in total. The van der Waals surface area contributed by atoms with Gasteiger partial charge in [-0.05, 0) is 19.8 Å². The van der Waals surface area contributed by atoms with Gasteiger partial charge in [-0.3, -0.25) is 0 Å². The maximum absolute atomic E-state index is 5.73. The average molecular weight is 218 g/mol. The molecule has 3 rings (SSSR count). The van der Waals surface area contributed by atoms with Crippen LogP contribution in [0.1, 0.15) is 37.6 Å². The molecule has 0 bridgehead atoms.